The minimum Gasteiger partial charge on any atom is -0.506 e. The summed E-state index contributed by atoms with van der Waals surface area (Å²) in [5, 5.41) is 11.4. The van der Waals surface area contributed by atoms with E-state index in [4.69, 9.17) is 5.73 Å². The van der Waals surface area contributed by atoms with Gasteiger partial charge in [0.05, 0.1) is 17.1 Å². The van der Waals surface area contributed by atoms with Crippen LogP contribution in [0.1, 0.15) is 6.92 Å². The summed E-state index contributed by atoms with van der Waals surface area (Å²) in [7, 11) is -4.06. The summed E-state index contributed by atoms with van der Waals surface area (Å²) in [6, 6.07) is 2.37. The number of carbonyl (C=O) groups excluding carboxylic acids is 2. The Balaban J connectivity index is 2.45. The Kier molecular flexibility index (Phi) is 3.40. The highest BCUT2D eigenvalue weighted by atomic mass is 32.2. The largest absolute Gasteiger partial charge is 0.506 e. The number of carbonyl (C=O) groups is 2. The molecule has 1 saturated heterocycles. The molecule has 1 atom stereocenters. The van der Waals surface area contributed by atoms with E-state index in [2.05, 4.69) is 5.32 Å². The molecule has 0 saturated carbocycles. The fourth-order valence-electron chi connectivity index (χ4n) is 1.81. The third kappa shape index (κ3) is 2.32. The number of hydrogen-bond acceptors (Lipinski definition) is 6. The summed E-state index contributed by atoms with van der Waals surface area (Å²) < 4.78 is 25.6. The number of imide groups is 1. The molecule has 0 aliphatic carbocycles. The Morgan fingerprint density at radius 2 is 2.05 bits per heavy atom. The number of sulfonamides is 1. The number of nitrogen functional groups attached to an aromatic ring is 1. The van der Waals surface area contributed by atoms with E-state index < -0.39 is 34.4 Å². The maximum atomic E-state index is 12.4. The maximum absolute atomic E-state index is 12.4. The van der Waals surface area contributed by atoms with Gasteiger partial charge in [-0.15, -0.1) is 0 Å². The monoisotopic (exact) mass is 299 g/mol. The van der Waals surface area contributed by atoms with Crippen LogP contribution in [0.2, 0.25) is 0 Å². The molecule has 0 bridgehead atoms. The van der Waals surface area contributed by atoms with Crippen LogP contribution in [-0.4, -0.2) is 42.2 Å². The first kappa shape index (κ1) is 14.3. The van der Waals surface area contributed by atoms with Gasteiger partial charge >= 0.3 is 0 Å². The molecule has 0 aromatic heterocycles. The fourth-order valence-corrected chi connectivity index (χ4v) is 3.40. The molecule has 1 aliphatic rings. The smallest absolute Gasteiger partial charge is 0.244 e. The van der Waals surface area contributed by atoms with Crippen LogP contribution in [0.3, 0.4) is 0 Å². The molecule has 20 heavy (non-hydrogen) atoms. The molecule has 1 heterocycles. The van der Waals surface area contributed by atoms with Gasteiger partial charge in [-0.25, -0.2) is 8.42 Å². The van der Waals surface area contributed by atoms with Crippen LogP contribution in [0.5, 0.6) is 5.75 Å². The van der Waals surface area contributed by atoms with Crippen LogP contribution < -0.4 is 11.1 Å². The van der Waals surface area contributed by atoms with E-state index in [0.29, 0.717) is 0 Å². The molecule has 108 valence electrons. The van der Waals surface area contributed by atoms with Crippen molar-refractivity contribution in [2.24, 2.45) is 0 Å². The Morgan fingerprint density at radius 1 is 1.40 bits per heavy atom. The first-order valence-corrected chi connectivity index (χ1v) is 7.11. The first-order chi connectivity index (χ1) is 9.23. The minimum absolute atomic E-state index is 0.105. The summed E-state index contributed by atoms with van der Waals surface area (Å²) in [5.74, 6) is -1.62. The predicted octanol–water partition coefficient (Wildman–Crippen LogP) is -0.990. The van der Waals surface area contributed by atoms with E-state index in [9.17, 15) is 23.1 Å². The topological polar surface area (TPSA) is 130 Å². The van der Waals surface area contributed by atoms with Gasteiger partial charge in [0.1, 0.15) is 11.8 Å². The second-order valence-corrected chi connectivity index (χ2v) is 6.25. The molecule has 1 fully saturated rings. The second-order valence-electron chi connectivity index (χ2n) is 4.36. The van der Waals surface area contributed by atoms with E-state index in [1.807, 2.05) is 0 Å². The van der Waals surface area contributed by atoms with Crippen LogP contribution in [0.4, 0.5) is 5.69 Å². The molecule has 1 unspecified atom stereocenters. The van der Waals surface area contributed by atoms with Gasteiger partial charge in [-0.2, -0.15) is 4.31 Å². The van der Waals surface area contributed by atoms with Crippen LogP contribution in [-0.2, 0) is 19.6 Å². The Bertz CT molecular complexity index is 685. The first-order valence-electron chi connectivity index (χ1n) is 5.67. The molecule has 4 N–H and O–H groups in total. The molecule has 8 nitrogen and oxygen atoms in total. The zero-order valence-electron chi connectivity index (χ0n) is 10.5. The van der Waals surface area contributed by atoms with E-state index in [-0.39, 0.29) is 16.3 Å². The standard InChI is InChI=1S/C11H13N3O5S/c1-6-11(17)13-10(16)5-14(6)20(18,19)7-2-3-9(15)8(12)4-7/h2-4,6,15H,5,12H2,1H3,(H,13,16,17). The number of aromatic hydroxyl groups is 1. The number of benzene rings is 1. The molecule has 9 heteroatoms. The van der Waals surface area contributed by atoms with Crippen molar-refractivity contribution in [2.75, 3.05) is 12.3 Å². The van der Waals surface area contributed by atoms with Crippen molar-refractivity contribution in [1.29, 1.82) is 0 Å². The molecule has 1 aliphatic heterocycles. The highest BCUT2D eigenvalue weighted by molar-refractivity contribution is 7.89. The van der Waals surface area contributed by atoms with Gasteiger partial charge < -0.3 is 10.8 Å². The summed E-state index contributed by atoms with van der Waals surface area (Å²) in [6.45, 7) is 0.930. The van der Waals surface area contributed by atoms with E-state index >= 15 is 0 Å². The highest BCUT2D eigenvalue weighted by Crippen LogP contribution is 2.26. The SMILES string of the molecule is CC1C(=O)NC(=O)CN1S(=O)(=O)c1ccc(O)c(N)c1. The number of phenolic OH excluding ortho intramolecular Hbond substituents is 1. The van der Waals surface area contributed by atoms with Gasteiger partial charge in [0.2, 0.25) is 21.8 Å². The average molecular weight is 299 g/mol. The van der Waals surface area contributed by atoms with Crippen molar-refractivity contribution in [2.45, 2.75) is 17.9 Å². The number of rotatable bonds is 2. The van der Waals surface area contributed by atoms with Crippen LogP contribution in [0.25, 0.3) is 0 Å². The van der Waals surface area contributed by atoms with Crippen molar-refractivity contribution in [3.63, 3.8) is 0 Å². The minimum atomic E-state index is -4.06. The maximum Gasteiger partial charge on any atom is 0.244 e. The average Bonchev–Trinajstić information content (AvgIpc) is 2.36. The van der Waals surface area contributed by atoms with Gasteiger partial charge in [-0.05, 0) is 25.1 Å². The van der Waals surface area contributed by atoms with Gasteiger partial charge in [-0.3, -0.25) is 14.9 Å². The number of hydrogen-bond donors (Lipinski definition) is 3. The summed E-state index contributed by atoms with van der Waals surface area (Å²) >= 11 is 0. The summed E-state index contributed by atoms with van der Waals surface area (Å²) in [4.78, 5) is 22.6. The Labute approximate surface area is 115 Å². The van der Waals surface area contributed by atoms with E-state index in [1.54, 1.807) is 0 Å². The molecular formula is C11H13N3O5S. The lowest BCUT2D eigenvalue weighted by Gasteiger charge is -2.30. The van der Waals surface area contributed by atoms with Gasteiger partial charge in [0, 0.05) is 0 Å². The summed E-state index contributed by atoms with van der Waals surface area (Å²) in [5.41, 5.74) is 5.35. The number of amides is 2. The zero-order valence-corrected chi connectivity index (χ0v) is 11.3. The molecule has 0 spiro atoms. The molecule has 1 aromatic carbocycles. The van der Waals surface area contributed by atoms with Gasteiger partial charge in [-0.1, -0.05) is 0 Å². The van der Waals surface area contributed by atoms with Crippen molar-refractivity contribution in [3.8, 4) is 5.75 Å². The van der Waals surface area contributed by atoms with Crippen molar-refractivity contribution >= 4 is 27.5 Å². The molecule has 2 rings (SSSR count). The van der Waals surface area contributed by atoms with Gasteiger partial charge in [0.15, 0.2) is 0 Å². The third-order valence-electron chi connectivity index (χ3n) is 2.98. The quantitative estimate of drug-likeness (QED) is 0.365. The van der Waals surface area contributed by atoms with Crippen LogP contribution in [0, 0.1) is 0 Å². The fraction of sp³-hybridized carbons (Fsp3) is 0.273. The number of piperazine rings is 1. The lowest BCUT2D eigenvalue weighted by molar-refractivity contribution is -0.136. The Hall–Kier alpha value is -2.13. The normalized spacial score (nSPS) is 20.8. The highest BCUT2D eigenvalue weighted by Gasteiger charge is 2.39. The van der Waals surface area contributed by atoms with Crippen molar-refractivity contribution < 1.29 is 23.1 Å². The number of nitrogens with two attached hydrogens (primary N) is 1. The van der Waals surface area contributed by atoms with Gasteiger partial charge in [0.25, 0.3) is 0 Å². The molecule has 2 amide bonds. The lowest BCUT2D eigenvalue weighted by Crippen LogP contribution is -2.58. The number of anilines is 1. The predicted molar refractivity (Wildman–Crippen MR) is 69.0 cm³/mol. The second kappa shape index (κ2) is 4.76. The zero-order chi connectivity index (χ0) is 15.1. The third-order valence-corrected chi connectivity index (χ3v) is 4.89. The molecule has 0 radical (unpaired) electrons. The molecular weight excluding hydrogens is 286 g/mol. The van der Waals surface area contributed by atoms with Crippen molar-refractivity contribution in [3.05, 3.63) is 18.2 Å². The van der Waals surface area contributed by atoms with Crippen LogP contribution >= 0.6 is 0 Å². The van der Waals surface area contributed by atoms with Crippen molar-refractivity contribution in [1.82, 2.24) is 9.62 Å². The van der Waals surface area contributed by atoms with E-state index in [1.165, 1.54) is 6.92 Å². The number of nitrogens with zero attached hydrogens (tertiary/aromatic N) is 1. The number of phenols is 1. The van der Waals surface area contributed by atoms with Crippen LogP contribution in [0.15, 0.2) is 23.1 Å². The lowest BCUT2D eigenvalue weighted by atomic mass is 10.2. The molecule has 1 aromatic rings. The number of nitrogens with one attached hydrogen (secondary N) is 1. The summed E-state index contributed by atoms with van der Waals surface area (Å²) in [6.07, 6.45) is 0. The van der Waals surface area contributed by atoms with E-state index in [0.717, 1.165) is 22.5 Å². The Morgan fingerprint density at radius 3 is 2.65 bits per heavy atom.